The summed E-state index contributed by atoms with van der Waals surface area (Å²) >= 11 is 0. The van der Waals surface area contributed by atoms with Crippen LogP contribution in [0.25, 0.3) is 6.08 Å². The maximum Gasteiger partial charge on any atom is 0.271 e. The minimum Gasteiger partial charge on any atom is -0.268 e. The van der Waals surface area contributed by atoms with Crippen molar-refractivity contribution in [3.63, 3.8) is 0 Å². The minimum atomic E-state index is -4.07. The molecular weight excluding hydrogens is 394 g/mol. The topological polar surface area (TPSA) is 54.5 Å². The van der Waals surface area contributed by atoms with Crippen molar-refractivity contribution in [3.8, 4) is 0 Å². The molecule has 0 aliphatic heterocycles. The second kappa shape index (κ2) is 9.09. The van der Waals surface area contributed by atoms with Crippen LogP contribution < -0.4 is 4.31 Å². The molecule has 3 aromatic carbocycles. The van der Waals surface area contributed by atoms with E-state index in [0.717, 1.165) is 33.0 Å². The highest BCUT2D eigenvalue weighted by molar-refractivity contribution is 7.93. The van der Waals surface area contributed by atoms with Gasteiger partial charge in [-0.05, 0) is 61.7 Å². The van der Waals surface area contributed by atoms with Crippen LogP contribution in [-0.2, 0) is 21.2 Å². The average molecular weight is 420 g/mol. The Morgan fingerprint density at radius 1 is 0.833 bits per heavy atom. The number of aryl methyl sites for hydroxylation is 3. The zero-order valence-electron chi connectivity index (χ0n) is 17.4. The summed E-state index contributed by atoms with van der Waals surface area (Å²) in [5, 5.41) is 0. The number of anilines is 1. The molecule has 154 valence electrons. The lowest BCUT2D eigenvalue weighted by Gasteiger charge is -2.22. The first-order valence-corrected chi connectivity index (χ1v) is 11.2. The van der Waals surface area contributed by atoms with E-state index in [2.05, 4.69) is 0 Å². The molecule has 0 N–H and O–H groups in total. The molecule has 0 fully saturated rings. The van der Waals surface area contributed by atoms with Gasteiger partial charge in [0, 0.05) is 6.08 Å². The molecule has 0 aliphatic carbocycles. The normalized spacial score (nSPS) is 11.6. The van der Waals surface area contributed by atoms with Gasteiger partial charge in [0.2, 0.25) is 0 Å². The van der Waals surface area contributed by atoms with E-state index in [1.807, 2.05) is 57.2 Å². The number of sulfonamides is 1. The predicted molar refractivity (Wildman–Crippen MR) is 122 cm³/mol. The minimum absolute atomic E-state index is 0.0738. The summed E-state index contributed by atoms with van der Waals surface area (Å²) in [4.78, 5) is 13.2. The number of nitrogens with zero attached hydrogens (tertiary/aromatic N) is 1. The van der Waals surface area contributed by atoms with Crippen molar-refractivity contribution in [1.29, 1.82) is 0 Å². The molecule has 0 aromatic heterocycles. The fourth-order valence-corrected chi connectivity index (χ4v) is 4.37. The summed E-state index contributed by atoms with van der Waals surface area (Å²) in [5.41, 5.74) is 4.25. The molecular formula is C25H25NO3S. The van der Waals surface area contributed by atoms with Gasteiger partial charge < -0.3 is 0 Å². The molecule has 4 nitrogen and oxygen atoms in total. The standard InChI is InChI=1S/C25H25NO3S/c1-4-21-11-14-23(15-12-21)26(30(28,29)24-16-7-20(3)8-17-24)25(27)18-13-22-9-5-19(2)6-10-22/h5-18H,4H2,1-3H3/b18-13+. The average Bonchev–Trinajstić information content (AvgIpc) is 2.74. The molecule has 3 rings (SSSR count). The number of benzene rings is 3. The number of hydrogen-bond donors (Lipinski definition) is 0. The highest BCUT2D eigenvalue weighted by atomic mass is 32.2. The zero-order chi connectivity index (χ0) is 21.7. The molecule has 0 saturated carbocycles. The van der Waals surface area contributed by atoms with E-state index >= 15 is 0 Å². The summed E-state index contributed by atoms with van der Waals surface area (Å²) < 4.78 is 27.6. The summed E-state index contributed by atoms with van der Waals surface area (Å²) in [7, 11) is -4.07. The van der Waals surface area contributed by atoms with Crippen LogP contribution in [0, 0.1) is 13.8 Å². The Labute approximate surface area is 178 Å². The molecule has 3 aromatic rings. The molecule has 1 amide bonds. The Balaban J connectivity index is 2.03. The van der Waals surface area contributed by atoms with E-state index in [-0.39, 0.29) is 4.90 Å². The van der Waals surface area contributed by atoms with Gasteiger partial charge in [-0.1, -0.05) is 66.6 Å². The smallest absolute Gasteiger partial charge is 0.268 e. The van der Waals surface area contributed by atoms with Gasteiger partial charge in [-0.15, -0.1) is 0 Å². The van der Waals surface area contributed by atoms with E-state index in [9.17, 15) is 13.2 Å². The van der Waals surface area contributed by atoms with Crippen LogP contribution in [0.5, 0.6) is 0 Å². The van der Waals surface area contributed by atoms with Gasteiger partial charge >= 0.3 is 0 Å². The number of rotatable bonds is 6. The van der Waals surface area contributed by atoms with Crippen molar-refractivity contribution in [2.24, 2.45) is 0 Å². The Morgan fingerprint density at radius 3 is 1.90 bits per heavy atom. The highest BCUT2D eigenvalue weighted by Gasteiger charge is 2.29. The Kier molecular flexibility index (Phi) is 6.53. The van der Waals surface area contributed by atoms with Crippen molar-refractivity contribution in [1.82, 2.24) is 0 Å². The molecule has 0 bridgehead atoms. The molecule has 0 saturated heterocycles. The molecule has 0 aliphatic rings. The quantitative estimate of drug-likeness (QED) is 0.510. The van der Waals surface area contributed by atoms with Crippen LogP contribution in [0.4, 0.5) is 5.69 Å². The molecule has 0 spiro atoms. The van der Waals surface area contributed by atoms with Crippen LogP contribution in [0.15, 0.2) is 83.8 Å². The van der Waals surface area contributed by atoms with E-state index in [1.54, 1.807) is 30.3 Å². The first-order valence-electron chi connectivity index (χ1n) is 9.81. The number of amides is 1. The van der Waals surface area contributed by atoms with Crippen molar-refractivity contribution < 1.29 is 13.2 Å². The number of carbonyl (C=O) groups excluding carboxylic acids is 1. The lowest BCUT2D eigenvalue weighted by Crippen LogP contribution is -2.35. The van der Waals surface area contributed by atoms with Crippen LogP contribution in [0.2, 0.25) is 0 Å². The summed E-state index contributed by atoms with van der Waals surface area (Å²) in [6, 6.07) is 21.1. The van der Waals surface area contributed by atoms with Crippen LogP contribution in [-0.4, -0.2) is 14.3 Å². The van der Waals surface area contributed by atoms with Gasteiger partial charge in [0.15, 0.2) is 0 Å². The number of hydrogen-bond acceptors (Lipinski definition) is 3. The van der Waals surface area contributed by atoms with E-state index in [1.165, 1.54) is 18.2 Å². The van der Waals surface area contributed by atoms with Gasteiger partial charge in [-0.25, -0.2) is 8.42 Å². The molecule has 5 heteroatoms. The first-order chi connectivity index (χ1) is 14.3. The molecule has 30 heavy (non-hydrogen) atoms. The summed E-state index contributed by atoms with van der Waals surface area (Å²) in [5.74, 6) is -0.625. The third kappa shape index (κ3) is 4.86. The monoisotopic (exact) mass is 419 g/mol. The third-order valence-corrected chi connectivity index (χ3v) is 6.57. The first kappa shape index (κ1) is 21.5. The lowest BCUT2D eigenvalue weighted by molar-refractivity contribution is -0.113. The maximum atomic E-state index is 13.4. The van der Waals surface area contributed by atoms with Gasteiger partial charge in [-0.2, -0.15) is 4.31 Å². The lowest BCUT2D eigenvalue weighted by atomic mass is 10.1. The molecule has 0 atom stereocenters. The Hall–Kier alpha value is -3.18. The van der Waals surface area contributed by atoms with E-state index in [4.69, 9.17) is 0 Å². The summed E-state index contributed by atoms with van der Waals surface area (Å²) in [6.45, 7) is 5.88. The zero-order valence-corrected chi connectivity index (χ0v) is 18.2. The molecule has 0 unspecified atom stereocenters. The van der Waals surface area contributed by atoms with Crippen LogP contribution >= 0.6 is 0 Å². The Morgan fingerprint density at radius 2 is 1.37 bits per heavy atom. The van der Waals surface area contributed by atoms with Gasteiger partial charge in [0.1, 0.15) is 0 Å². The van der Waals surface area contributed by atoms with E-state index in [0.29, 0.717) is 5.69 Å². The van der Waals surface area contributed by atoms with Crippen molar-refractivity contribution in [2.45, 2.75) is 32.1 Å². The second-order valence-corrected chi connectivity index (χ2v) is 8.97. The predicted octanol–water partition coefficient (Wildman–Crippen LogP) is 5.30. The fraction of sp³-hybridized carbons (Fsp3) is 0.160. The SMILES string of the molecule is CCc1ccc(N(C(=O)/C=C/c2ccc(C)cc2)S(=O)(=O)c2ccc(C)cc2)cc1. The largest absolute Gasteiger partial charge is 0.271 e. The third-order valence-electron chi connectivity index (χ3n) is 4.83. The summed E-state index contributed by atoms with van der Waals surface area (Å²) in [6.07, 6.45) is 3.75. The van der Waals surface area contributed by atoms with Crippen molar-refractivity contribution in [3.05, 3.63) is 101 Å². The molecule has 0 heterocycles. The van der Waals surface area contributed by atoms with Gasteiger partial charge in [-0.3, -0.25) is 4.79 Å². The van der Waals surface area contributed by atoms with Crippen molar-refractivity contribution in [2.75, 3.05) is 4.31 Å². The fourth-order valence-electron chi connectivity index (χ4n) is 2.98. The molecule has 0 radical (unpaired) electrons. The number of carbonyl (C=O) groups is 1. The Bertz CT molecular complexity index is 1140. The highest BCUT2D eigenvalue weighted by Crippen LogP contribution is 2.25. The van der Waals surface area contributed by atoms with Gasteiger partial charge in [0.05, 0.1) is 10.6 Å². The van der Waals surface area contributed by atoms with Gasteiger partial charge in [0.25, 0.3) is 15.9 Å². The van der Waals surface area contributed by atoms with Crippen molar-refractivity contribution >= 4 is 27.7 Å². The van der Waals surface area contributed by atoms with Crippen LogP contribution in [0.3, 0.4) is 0 Å². The van der Waals surface area contributed by atoms with Crippen LogP contribution in [0.1, 0.15) is 29.2 Å². The maximum absolute atomic E-state index is 13.4. The second-order valence-electron chi connectivity index (χ2n) is 7.18. The van der Waals surface area contributed by atoms with E-state index < -0.39 is 15.9 Å².